The number of halogens is 1. The molecule has 0 spiro atoms. The lowest BCUT2D eigenvalue weighted by Crippen LogP contribution is -2.24. The molecule has 0 heterocycles. The minimum Gasteiger partial charge on any atom is -0.507 e. The molecule has 0 atom stereocenters. The molecule has 0 fully saturated rings. The second kappa shape index (κ2) is 7.70. The van der Waals surface area contributed by atoms with E-state index >= 15 is 0 Å². The lowest BCUT2D eigenvalue weighted by Gasteiger charge is -2.07. The largest absolute Gasteiger partial charge is 0.507 e. The molecule has 0 saturated heterocycles. The summed E-state index contributed by atoms with van der Waals surface area (Å²) in [4.78, 5) is 10.9. The molecule has 0 aliphatic heterocycles. The van der Waals surface area contributed by atoms with Crippen LogP contribution in [-0.2, 0) is 0 Å². The average molecular weight is 394 g/mol. The molecule has 6 nitrogen and oxygen atoms in total. The van der Waals surface area contributed by atoms with E-state index in [9.17, 15) is 9.90 Å². The van der Waals surface area contributed by atoms with Gasteiger partial charge in [-0.25, -0.2) is 4.79 Å². The Labute approximate surface area is 146 Å². The maximum absolute atomic E-state index is 10.9. The van der Waals surface area contributed by atoms with Gasteiger partial charge in [0, 0.05) is 15.7 Å². The van der Waals surface area contributed by atoms with Crippen LogP contribution < -0.4 is 10.7 Å². The first-order valence-corrected chi connectivity index (χ1v) is 7.58. The summed E-state index contributed by atoms with van der Waals surface area (Å²) in [6.45, 7) is 0. The van der Waals surface area contributed by atoms with Gasteiger partial charge in [-0.15, -0.1) is 0 Å². The molecule has 0 aliphatic carbocycles. The quantitative estimate of drug-likeness (QED) is 0.362. The fourth-order valence-electron chi connectivity index (χ4n) is 1.68. The van der Waals surface area contributed by atoms with Crippen LogP contribution in [0.15, 0.2) is 52.0 Å². The number of nitrogens with one attached hydrogen (secondary N) is 2. The van der Waals surface area contributed by atoms with Crippen molar-refractivity contribution in [3.63, 3.8) is 0 Å². The Bertz CT molecular complexity index is 780. The van der Waals surface area contributed by atoms with Gasteiger partial charge < -0.3 is 15.5 Å². The maximum Gasteiger partial charge on any atom is 0.335 e. The van der Waals surface area contributed by atoms with E-state index in [0.717, 1.165) is 4.47 Å². The van der Waals surface area contributed by atoms with E-state index in [4.69, 9.17) is 17.3 Å². The number of thiocarbonyl (C=S) groups is 1. The van der Waals surface area contributed by atoms with Gasteiger partial charge in [-0.3, -0.25) is 5.43 Å². The summed E-state index contributed by atoms with van der Waals surface area (Å²) in [5.41, 5.74) is 3.79. The third-order valence-corrected chi connectivity index (χ3v) is 3.41. The van der Waals surface area contributed by atoms with Crippen LogP contribution in [0.1, 0.15) is 15.9 Å². The van der Waals surface area contributed by atoms with Gasteiger partial charge in [-0.2, -0.15) is 5.10 Å². The number of carboxylic acids is 1. The van der Waals surface area contributed by atoms with Gasteiger partial charge in [0.05, 0.1) is 11.8 Å². The van der Waals surface area contributed by atoms with E-state index in [-0.39, 0.29) is 16.4 Å². The normalized spacial score (nSPS) is 10.5. The number of phenolic OH excluding ortho intramolecular Hbond substituents is 1. The smallest absolute Gasteiger partial charge is 0.335 e. The lowest BCUT2D eigenvalue weighted by atomic mass is 10.2. The molecular formula is C15H12BrN3O3S. The van der Waals surface area contributed by atoms with Crippen LogP contribution in [0.4, 0.5) is 5.69 Å². The number of aromatic hydroxyl groups is 1. The van der Waals surface area contributed by atoms with Crippen molar-refractivity contribution < 1.29 is 15.0 Å². The SMILES string of the molecule is O=C(O)c1cccc(NC(=S)N/N=C/c2cc(Br)ccc2O)c1. The lowest BCUT2D eigenvalue weighted by molar-refractivity contribution is 0.0697. The molecule has 2 rings (SSSR count). The number of hydrazone groups is 1. The van der Waals surface area contributed by atoms with Gasteiger partial charge in [0.2, 0.25) is 0 Å². The fraction of sp³-hybridized carbons (Fsp3) is 0. The van der Waals surface area contributed by atoms with E-state index in [1.54, 1.807) is 30.3 Å². The fourth-order valence-corrected chi connectivity index (χ4v) is 2.23. The summed E-state index contributed by atoms with van der Waals surface area (Å²) in [6, 6.07) is 11.2. The number of carboxylic acid groups (broad SMARTS) is 1. The Morgan fingerprint density at radius 2 is 2.04 bits per heavy atom. The summed E-state index contributed by atoms with van der Waals surface area (Å²) in [5, 5.41) is 25.5. The van der Waals surface area contributed by atoms with Crippen molar-refractivity contribution in [2.24, 2.45) is 5.10 Å². The van der Waals surface area contributed by atoms with Gasteiger partial charge >= 0.3 is 5.97 Å². The van der Waals surface area contributed by atoms with Crippen LogP contribution in [-0.4, -0.2) is 27.5 Å². The van der Waals surface area contributed by atoms with Crippen LogP contribution >= 0.6 is 28.1 Å². The van der Waals surface area contributed by atoms with Crippen molar-refractivity contribution in [3.8, 4) is 5.75 Å². The van der Waals surface area contributed by atoms with Crippen LogP contribution in [0.3, 0.4) is 0 Å². The van der Waals surface area contributed by atoms with E-state index in [0.29, 0.717) is 11.3 Å². The Kier molecular flexibility index (Phi) is 5.67. The third-order valence-electron chi connectivity index (χ3n) is 2.73. The van der Waals surface area contributed by atoms with E-state index in [1.807, 2.05) is 0 Å². The number of aromatic carboxylic acids is 1. The molecule has 0 unspecified atom stereocenters. The minimum atomic E-state index is -1.02. The molecule has 23 heavy (non-hydrogen) atoms. The summed E-state index contributed by atoms with van der Waals surface area (Å²) >= 11 is 8.36. The molecule has 118 valence electrons. The predicted octanol–water partition coefficient (Wildman–Crippen LogP) is 3.17. The zero-order chi connectivity index (χ0) is 16.8. The van der Waals surface area contributed by atoms with Gasteiger partial charge in [0.1, 0.15) is 5.75 Å². The molecule has 4 N–H and O–H groups in total. The second-order valence-corrected chi connectivity index (χ2v) is 5.74. The van der Waals surface area contributed by atoms with Crippen molar-refractivity contribution in [1.82, 2.24) is 5.43 Å². The number of nitrogens with zero attached hydrogens (tertiary/aromatic N) is 1. The number of carbonyl (C=O) groups is 1. The molecular weight excluding hydrogens is 382 g/mol. The number of hydrogen-bond donors (Lipinski definition) is 4. The number of hydrogen-bond acceptors (Lipinski definition) is 4. The molecule has 8 heteroatoms. The molecule has 0 aromatic heterocycles. The Hall–Kier alpha value is -2.45. The van der Waals surface area contributed by atoms with Crippen LogP contribution in [0.2, 0.25) is 0 Å². The van der Waals surface area contributed by atoms with Gasteiger partial charge in [-0.1, -0.05) is 22.0 Å². The summed E-state index contributed by atoms with van der Waals surface area (Å²) < 4.78 is 0.808. The average Bonchev–Trinajstić information content (AvgIpc) is 2.51. The molecule has 0 aliphatic rings. The summed E-state index contributed by atoms with van der Waals surface area (Å²) in [7, 11) is 0. The predicted molar refractivity (Wildman–Crippen MR) is 96.2 cm³/mol. The van der Waals surface area contributed by atoms with E-state index < -0.39 is 5.97 Å². The monoisotopic (exact) mass is 393 g/mol. The highest BCUT2D eigenvalue weighted by Crippen LogP contribution is 2.19. The highest BCUT2D eigenvalue weighted by Gasteiger charge is 2.04. The molecule has 0 radical (unpaired) electrons. The first-order valence-electron chi connectivity index (χ1n) is 6.37. The maximum atomic E-state index is 10.9. The van der Waals surface area contributed by atoms with Crippen LogP contribution in [0.25, 0.3) is 0 Å². The molecule has 2 aromatic carbocycles. The molecule has 2 aromatic rings. The van der Waals surface area contributed by atoms with Crippen LogP contribution in [0.5, 0.6) is 5.75 Å². The van der Waals surface area contributed by atoms with Gasteiger partial charge in [0.25, 0.3) is 0 Å². The van der Waals surface area contributed by atoms with Crippen molar-refractivity contribution in [3.05, 3.63) is 58.1 Å². The van der Waals surface area contributed by atoms with E-state index in [1.165, 1.54) is 18.3 Å². The number of phenols is 1. The van der Waals surface area contributed by atoms with Crippen molar-refractivity contribution in [1.29, 1.82) is 0 Å². The van der Waals surface area contributed by atoms with Crippen molar-refractivity contribution in [2.75, 3.05) is 5.32 Å². The standard InChI is InChI=1S/C15H12BrN3O3S/c16-11-4-5-13(20)10(6-11)8-17-19-15(23)18-12-3-1-2-9(7-12)14(21)22/h1-8,20H,(H,21,22)(H2,18,19,23)/b17-8+. The topological polar surface area (TPSA) is 94.0 Å². The molecule has 0 bridgehead atoms. The number of anilines is 1. The van der Waals surface area contributed by atoms with Gasteiger partial charge in [-0.05, 0) is 48.6 Å². The highest BCUT2D eigenvalue weighted by atomic mass is 79.9. The summed E-state index contributed by atoms with van der Waals surface area (Å²) in [6.07, 6.45) is 1.42. The second-order valence-electron chi connectivity index (χ2n) is 4.41. The Morgan fingerprint density at radius 3 is 2.78 bits per heavy atom. The zero-order valence-electron chi connectivity index (χ0n) is 11.7. The molecule has 0 saturated carbocycles. The Balaban J connectivity index is 1.97. The Morgan fingerprint density at radius 1 is 1.26 bits per heavy atom. The molecule has 0 amide bonds. The van der Waals surface area contributed by atoms with E-state index in [2.05, 4.69) is 31.8 Å². The number of rotatable bonds is 4. The number of benzene rings is 2. The zero-order valence-corrected chi connectivity index (χ0v) is 14.1. The van der Waals surface area contributed by atoms with Crippen LogP contribution in [0, 0.1) is 0 Å². The third kappa shape index (κ3) is 5.04. The highest BCUT2D eigenvalue weighted by molar-refractivity contribution is 9.10. The minimum absolute atomic E-state index is 0.0896. The first-order chi connectivity index (χ1) is 11.0. The first kappa shape index (κ1) is 16.9. The summed E-state index contributed by atoms with van der Waals surface area (Å²) in [5.74, 6) is -0.928. The van der Waals surface area contributed by atoms with Gasteiger partial charge in [0.15, 0.2) is 5.11 Å². The van der Waals surface area contributed by atoms with Crippen molar-refractivity contribution in [2.45, 2.75) is 0 Å². The van der Waals surface area contributed by atoms with Crippen molar-refractivity contribution >= 4 is 51.1 Å².